The Morgan fingerprint density at radius 3 is 1.60 bits per heavy atom. The van der Waals surface area contributed by atoms with E-state index in [-0.39, 0.29) is 0 Å². The summed E-state index contributed by atoms with van der Waals surface area (Å²) in [6.07, 6.45) is 0. The lowest BCUT2D eigenvalue weighted by Gasteiger charge is -2.18. The summed E-state index contributed by atoms with van der Waals surface area (Å²) in [6, 6.07) is 59.2. The number of benzene rings is 8. The minimum absolute atomic E-state index is 0.916. The topological polar surface area (TPSA) is 13.1 Å². The van der Waals surface area contributed by atoms with Crippen molar-refractivity contribution in [1.82, 2.24) is 0 Å². The average molecular weight is 629 g/mol. The second-order valence-corrected chi connectivity index (χ2v) is 13.3. The highest BCUT2D eigenvalue weighted by atomic mass is 32.1. The van der Waals surface area contributed by atoms with Crippen LogP contribution in [0.1, 0.15) is 0 Å². The van der Waals surface area contributed by atoms with Gasteiger partial charge in [-0.05, 0) is 96.2 Å². The molecule has 0 saturated heterocycles. The zero-order valence-corrected chi connectivity index (χ0v) is 26.8. The smallest absolute Gasteiger partial charge is 0.136 e. The third-order valence-electron chi connectivity index (χ3n) is 9.74. The van der Waals surface area contributed by atoms with Crippen molar-refractivity contribution in [3.05, 3.63) is 169 Å². The Labute approximate surface area is 282 Å². The van der Waals surface area contributed by atoms with Crippen molar-refractivity contribution in [2.45, 2.75) is 0 Å². The highest BCUT2D eigenvalue weighted by Crippen LogP contribution is 2.47. The molecule has 0 unspecified atom stereocenters. The highest BCUT2D eigenvalue weighted by molar-refractivity contribution is 7.17. The molecule has 10 rings (SSSR count). The van der Waals surface area contributed by atoms with E-state index in [9.17, 15) is 0 Å². The van der Waals surface area contributed by atoms with Crippen LogP contribution in [0.15, 0.2) is 174 Å². The van der Waals surface area contributed by atoms with Crippen molar-refractivity contribution in [1.29, 1.82) is 0 Å². The van der Waals surface area contributed by atoms with Crippen molar-refractivity contribution in [3.8, 4) is 44.5 Å². The number of hydrogen-bond acceptors (Lipinski definition) is 2. The fraction of sp³-hybridized carbons (Fsp3) is 0. The van der Waals surface area contributed by atoms with Gasteiger partial charge in [0.2, 0.25) is 0 Å². The van der Waals surface area contributed by atoms with E-state index in [1.54, 1.807) is 0 Å². The van der Waals surface area contributed by atoms with Gasteiger partial charge in [-0.25, -0.2) is 0 Å². The molecular weight excluding hydrogens is 601 g/mol. The first-order chi connectivity index (χ1) is 23.8. The zero-order valence-electron chi connectivity index (χ0n) is 26.0. The van der Waals surface area contributed by atoms with Crippen molar-refractivity contribution < 1.29 is 4.42 Å². The number of thiophene rings is 1. The maximum atomic E-state index is 6.22. The maximum absolute atomic E-state index is 6.22. The minimum atomic E-state index is 0.916. The number of hydrogen-bond donors (Lipinski definition) is 0. The molecule has 2 heteroatoms. The Kier molecular flexibility index (Phi) is 6.12. The quantitative estimate of drug-likeness (QED) is 0.177. The molecule has 0 fully saturated rings. The van der Waals surface area contributed by atoms with Gasteiger partial charge in [0.1, 0.15) is 11.2 Å². The Hall–Kier alpha value is -5.96. The fourth-order valence-corrected chi connectivity index (χ4v) is 8.59. The molecule has 0 bridgehead atoms. The van der Waals surface area contributed by atoms with Gasteiger partial charge in [0, 0.05) is 26.4 Å². The molecule has 0 spiro atoms. The lowest BCUT2D eigenvalue weighted by Crippen LogP contribution is -1.91. The van der Waals surface area contributed by atoms with E-state index < -0.39 is 0 Å². The van der Waals surface area contributed by atoms with Crippen LogP contribution in [0.3, 0.4) is 0 Å². The van der Waals surface area contributed by atoms with Crippen molar-refractivity contribution >= 4 is 64.9 Å². The third kappa shape index (κ3) is 4.17. The molecule has 0 saturated carbocycles. The van der Waals surface area contributed by atoms with Crippen molar-refractivity contribution in [2.75, 3.05) is 0 Å². The number of rotatable bonds is 4. The fourth-order valence-electron chi connectivity index (χ4n) is 7.64. The molecule has 224 valence electrons. The van der Waals surface area contributed by atoms with E-state index in [2.05, 4.69) is 157 Å². The number of fused-ring (bicyclic) bond motifs is 6. The molecule has 48 heavy (non-hydrogen) atoms. The third-order valence-corrected chi connectivity index (χ3v) is 10.7. The summed E-state index contributed by atoms with van der Waals surface area (Å²) in [7, 11) is 0. The maximum Gasteiger partial charge on any atom is 0.136 e. The van der Waals surface area contributed by atoms with Gasteiger partial charge in [0.15, 0.2) is 0 Å². The Balaban J connectivity index is 1.16. The van der Waals surface area contributed by atoms with Gasteiger partial charge in [0.25, 0.3) is 0 Å². The zero-order chi connectivity index (χ0) is 31.6. The first-order valence-electron chi connectivity index (χ1n) is 16.3. The van der Waals surface area contributed by atoms with Gasteiger partial charge < -0.3 is 4.42 Å². The van der Waals surface area contributed by atoms with E-state index in [0.29, 0.717) is 0 Å². The summed E-state index contributed by atoms with van der Waals surface area (Å²) >= 11 is 1.82. The Morgan fingerprint density at radius 2 is 0.875 bits per heavy atom. The van der Waals surface area contributed by atoms with Crippen LogP contribution in [0.5, 0.6) is 0 Å². The van der Waals surface area contributed by atoms with Gasteiger partial charge in [-0.3, -0.25) is 0 Å². The van der Waals surface area contributed by atoms with E-state index >= 15 is 0 Å². The van der Waals surface area contributed by atoms with Gasteiger partial charge in [-0.1, -0.05) is 133 Å². The number of furan rings is 1. The van der Waals surface area contributed by atoms with Crippen LogP contribution < -0.4 is 0 Å². The summed E-state index contributed by atoms with van der Waals surface area (Å²) in [4.78, 5) is 0. The van der Waals surface area contributed by atoms with Crippen LogP contribution in [0, 0.1) is 0 Å². The molecule has 0 radical (unpaired) electrons. The molecule has 0 aliphatic rings. The van der Waals surface area contributed by atoms with Gasteiger partial charge in [-0.15, -0.1) is 11.3 Å². The first kappa shape index (κ1) is 27.2. The van der Waals surface area contributed by atoms with Crippen LogP contribution >= 0.6 is 11.3 Å². The van der Waals surface area contributed by atoms with Crippen LogP contribution in [0.4, 0.5) is 0 Å². The van der Waals surface area contributed by atoms with E-state index in [0.717, 1.165) is 21.9 Å². The molecule has 2 heterocycles. The second kappa shape index (κ2) is 10.8. The Bertz CT molecular complexity index is 2790. The summed E-state index contributed by atoms with van der Waals surface area (Å²) < 4.78 is 7.53. The van der Waals surface area contributed by atoms with E-state index in [1.165, 1.54) is 76.1 Å². The van der Waals surface area contributed by atoms with Gasteiger partial charge in [0.05, 0.1) is 0 Å². The van der Waals surface area contributed by atoms with Crippen LogP contribution in [0.2, 0.25) is 0 Å². The second-order valence-electron chi connectivity index (χ2n) is 12.4. The summed E-state index contributed by atoms with van der Waals surface area (Å²) in [5.74, 6) is 0. The molecule has 0 aliphatic carbocycles. The van der Waals surface area contributed by atoms with Gasteiger partial charge >= 0.3 is 0 Å². The molecule has 1 nitrogen and oxygen atoms in total. The minimum Gasteiger partial charge on any atom is -0.456 e. The van der Waals surface area contributed by atoms with Crippen molar-refractivity contribution in [2.24, 2.45) is 0 Å². The Morgan fingerprint density at radius 1 is 0.354 bits per heavy atom. The summed E-state index contributed by atoms with van der Waals surface area (Å²) in [6.45, 7) is 0. The molecule has 0 N–H and O–H groups in total. The van der Waals surface area contributed by atoms with Crippen LogP contribution in [-0.2, 0) is 0 Å². The van der Waals surface area contributed by atoms with Gasteiger partial charge in [-0.2, -0.15) is 0 Å². The summed E-state index contributed by atoms with van der Waals surface area (Å²) in [5.41, 5.74) is 11.7. The predicted octanol–water partition coefficient (Wildman–Crippen LogP) is 13.8. The lowest BCUT2D eigenvalue weighted by molar-refractivity contribution is 0.669. The van der Waals surface area contributed by atoms with Crippen LogP contribution in [0.25, 0.3) is 98.1 Å². The SMILES string of the molecule is c1cc(-c2cccc(-c3cccc4oc5ccccc5c34)c2)cc(-c2c3ccccc3c(-c3csc4ccccc34)c3ccccc23)c1. The molecule has 0 atom stereocenters. The highest BCUT2D eigenvalue weighted by Gasteiger charge is 2.19. The molecule has 2 aromatic heterocycles. The van der Waals surface area contributed by atoms with Crippen LogP contribution in [-0.4, -0.2) is 0 Å². The summed E-state index contributed by atoms with van der Waals surface area (Å²) in [5, 5.41) is 11.1. The monoisotopic (exact) mass is 628 g/mol. The molecule has 0 amide bonds. The lowest BCUT2D eigenvalue weighted by atomic mass is 9.85. The average Bonchev–Trinajstić information content (AvgIpc) is 3.76. The van der Waals surface area contributed by atoms with Crippen molar-refractivity contribution in [3.63, 3.8) is 0 Å². The predicted molar refractivity (Wildman–Crippen MR) is 206 cm³/mol. The largest absolute Gasteiger partial charge is 0.456 e. The normalized spacial score (nSPS) is 11.8. The molecular formula is C46H28OS. The molecule has 0 aliphatic heterocycles. The molecule has 10 aromatic rings. The standard InChI is InChI=1S/C46H28OS/c1-3-19-37-35(17-1)44(36-18-2-4-20-38(36)45(37)40-28-48-43-25-8-6-16-34(40)43)32-15-10-13-30(27-32)29-12-9-14-31(26-29)33-22-11-24-42-46(33)39-21-5-7-23-41(39)47-42/h1-28H. The number of para-hydroxylation sites is 1. The van der Waals surface area contributed by atoms with E-state index in [4.69, 9.17) is 4.42 Å². The van der Waals surface area contributed by atoms with E-state index in [1.807, 2.05) is 23.5 Å². The first-order valence-corrected chi connectivity index (χ1v) is 17.2. The molecule has 8 aromatic carbocycles.